The SMILES string of the molecule is Cc1ccccc1CCC(C#N)Oc1cccc(F)c1. The Morgan fingerprint density at radius 2 is 2.00 bits per heavy atom. The van der Waals surface area contributed by atoms with Gasteiger partial charge in [0, 0.05) is 12.5 Å². The van der Waals surface area contributed by atoms with E-state index >= 15 is 0 Å². The van der Waals surface area contributed by atoms with Crippen LogP contribution >= 0.6 is 0 Å². The average molecular weight is 269 g/mol. The number of halogens is 1. The number of aryl methyl sites for hydroxylation is 2. The first kappa shape index (κ1) is 14.1. The fourth-order valence-corrected chi connectivity index (χ4v) is 2.03. The second kappa shape index (κ2) is 6.72. The van der Waals surface area contributed by atoms with Crippen molar-refractivity contribution in [1.82, 2.24) is 0 Å². The van der Waals surface area contributed by atoms with Crippen molar-refractivity contribution in [2.45, 2.75) is 25.9 Å². The fourth-order valence-electron chi connectivity index (χ4n) is 2.03. The Labute approximate surface area is 118 Å². The highest BCUT2D eigenvalue weighted by molar-refractivity contribution is 5.26. The lowest BCUT2D eigenvalue weighted by Gasteiger charge is -2.13. The normalized spacial score (nSPS) is 11.7. The van der Waals surface area contributed by atoms with Gasteiger partial charge in [-0.3, -0.25) is 0 Å². The predicted molar refractivity (Wildman–Crippen MR) is 75.9 cm³/mol. The minimum atomic E-state index is -0.573. The number of nitriles is 1. The molecule has 0 saturated heterocycles. The largest absolute Gasteiger partial charge is 0.475 e. The highest BCUT2D eigenvalue weighted by Gasteiger charge is 2.10. The van der Waals surface area contributed by atoms with E-state index in [2.05, 4.69) is 6.07 Å². The number of hydrogen-bond donors (Lipinski definition) is 0. The van der Waals surface area contributed by atoms with E-state index in [1.54, 1.807) is 12.1 Å². The van der Waals surface area contributed by atoms with Crippen LogP contribution in [0.3, 0.4) is 0 Å². The summed E-state index contributed by atoms with van der Waals surface area (Å²) in [7, 11) is 0. The van der Waals surface area contributed by atoms with Gasteiger partial charge in [0.25, 0.3) is 0 Å². The molecule has 3 heteroatoms. The monoisotopic (exact) mass is 269 g/mol. The minimum absolute atomic E-state index is 0.363. The average Bonchev–Trinajstić information content (AvgIpc) is 2.45. The van der Waals surface area contributed by atoms with Crippen molar-refractivity contribution in [2.24, 2.45) is 0 Å². The Kier molecular flexibility index (Phi) is 4.73. The highest BCUT2D eigenvalue weighted by atomic mass is 19.1. The smallest absolute Gasteiger partial charge is 0.184 e. The Balaban J connectivity index is 1.97. The molecule has 20 heavy (non-hydrogen) atoms. The van der Waals surface area contributed by atoms with Gasteiger partial charge in [-0.25, -0.2) is 4.39 Å². The summed E-state index contributed by atoms with van der Waals surface area (Å²) >= 11 is 0. The van der Waals surface area contributed by atoms with Gasteiger partial charge >= 0.3 is 0 Å². The van der Waals surface area contributed by atoms with E-state index in [1.807, 2.05) is 31.2 Å². The molecule has 0 fully saturated rings. The molecule has 0 radical (unpaired) electrons. The summed E-state index contributed by atoms with van der Waals surface area (Å²) in [6.07, 6.45) is 0.773. The van der Waals surface area contributed by atoms with E-state index in [9.17, 15) is 4.39 Å². The molecule has 2 aromatic carbocycles. The van der Waals surface area contributed by atoms with E-state index in [0.717, 1.165) is 6.42 Å². The van der Waals surface area contributed by atoms with E-state index in [0.29, 0.717) is 12.2 Å². The number of hydrogen-bond acceptors (Lipinski definition) is 2. The molecule has 0 heterocycles. The molecule has 102 valence electrons. The lowest BCUT2D eigenvalue weighted by atomic mass is 10.0. The van der Waals surface area contributed by atoms with Gasteiger partial charge in [-0.15, -0.1) is 0 Å². The van der Waals surface area contributed by atoms with Crippen molar-refractivity contribution < 1.29 is 9.13 Å². The molecule has 1 unspecified atom stereocenters. The molecular weight excluding hydrogens is 253 g/mol. The van der Waals surface area contributed by atoms with Crippen LogP contribution in [0.4, 0.5) is 4.39 Å². The van der Waals surface area contributed by atoms with Crippen LogP contribution in [0, 0.1) is 24.1 Å². The molecule has 0 N–H and O–H groups in total. The summed E-state index contributed by atoms with van der Waals surface area (Å²) in [4.78, 5) is 0. The van der Waals surface area contributed by atoms with Crippen molar-refractivity contribution in [3.63, 3.8) is 0 Å². The Hall–Kier alpha value is -2.34. The molecule has 0 amide bonds. The quantitative estimate of drug-likeness (QED) is 0.820. The summed E-state index contributed by atoms with van der Waals surface area (Å²) in [5, 5.41) is 9.14. The van der Waals surface area contributed by atoms with Gasteiger partial charge < -0.3 is 4.74 Å². The van der Waals surface area contributed by atoms with Gasteiger partial charge in [0.05, 0.1) is 0 Å². The molecule has 2 nitrogen and oxygen atoms in total. The van der Waals surface area contributed by atoms with Crippen molar-refractivity contribution in [1.29, 1.82) is 5.26 Å². The number of benzene rings is 2. The Morgan fingerprint density at radius 3 is 2.70 bits per heavy atom. The van der Waals surface area contributed by atoms with Gasteiger partial charge in [-0.05, 0) is 36.6 Å². The number of rotatable bonds is 5. The van der Waals surface area contributed by atoms with E-state index in [-0.39, 0.29) is 5.82 Å². The molecule has 0 spiro atoms. The summed E-state index contributed by atoms with van der Waals surface area (Å²) in [5.74, 6) is 0.0272. The van der Waals surface area contributed by atoms with Crippen LogP contribution in [-0.4, -0.2) is 6.10 Å². The second-order valence-electron chi connectivity index (χ2n) is 4.66. The molecule has 2 aromatic rings. The van der Waals surface area contributed by atoms with E-state index in [4.69, 9.17) is 10.00 Å². The zero-order valence-corrected chi connectivity index (χ0v) is 11.3. The van der Waals surface area contributed by atoms with Crippen LogP contribution < -0.4 is 4.74 Å². The van der Waals surface area contributed by atoms with Crippen molar-refractivity contribution >= 4 is 0 Å². The zero-order valence-electron chi connectivity index (χ0n) is 11.3. The summed E-state index contributed by atoms with van der Waals surface area (Å²) < 4.78 is 18.6. The maximum Gasteiger partial charge on any atom is 0.184 e. The van der Waals surface area contributed by atoms with Gasteiger partial charge in [0.2, 0.25) is 0 Å². The van der Waals surface area contributed by atoms with Crippen LogP contribution in [0.5, 0.6) is 5.75 Å². The van der Waals surface area contributed by atoms with Gasteiger partial charge in [-0.2, -0.15) is 5.26 Å². The molecule has 0 aliphatic carbocycles. The van der Waals surface area contributed by atoms with Crippen LogP contribution in [0.15, 0.2) is 48.5 Å². The van der Waals surface area contributed by atoms with Crippen molar-refractivity contribution in [3.8, 4) is 11.8 Å². The third kappa shape index (κ3) is 3.83. The lowest BCUT2D eigenvalue weighted by molar-refractivity contribution is 0.244. The first-order valence-corrected chi connectivity index (χ1v) is 6.55. The van der Waals surface area contributed by atoms with Crippen LogP contribution in [0.2, 0.25) is 0 Å². The molecule has 0 aliphatic heterocycles. The molecular formula is C17H16FNO. The molecule has 1 atom stereocenters. The number of nitrogens with zero attached hydrogens (tertiary/aromatic N) is 1. The summed E-state index contributed by atoms with van der Waals surface area (Å²) in [5.41, 5.74) is 2.41. The third-order valence-electron chi connectivity index (χ3n) is 3.16. The third-order valence-corrected chi connectivity index (χ3v) is 3.16. The van der Waals surface area contributed by atoms with E-state index in [1.165, 1.54) is 23.3 Å². The summed E-state index contributed by atoms with van der Waals surface area (Å²) in [6, 6.07) is 16.0. The highest BCUT2D eigenvalue weighted by Crippen LogP contribution is 2.17. The molecule has 0 bridgehead atoms. The first-order chi connectivity index (χ1) is 9.69. The minimum Gasteiger partial charge on any atom is -0.475 e. The van der Waals surface area contributed by atoms with Crippen molar-refractivity contribution in [2.75, 3.05) is 0 Å². The predicted octanol–water partition coefficient (Wildman–Crippen LogP) is 4.04. The lowest BCUT2D eigenvalue weighted by Crippen LogP contribution is -2.15. The van der Waals surface area contributed by atoms with Crippen LogP contribution in [0.25, 0.3) is 0 Å². The van der Waals surface area contributed by atoms with E-state index < -0.39 is 6.10 Å². The van der Waals surface area contributed by atoms with Crippen LogP contribution in [-0.2, 0) is 6.42 Å². The fraction of sp³-hybridized carbons (Fsp3) is 0.235. The van der Waals surface area contributed by atoms with Gasteiger partial charge in [0.15, 0.2) is 6.10 Å². The zero-order chi connectivity index (χ0) is 14.4. The topological polar surface area (TPSA) is 33.0 Å². The van der Waals surface area contributed by atoms with Gasteiger partial charge in [-0.1, -0.05) is 30.3 Å². The first-order valence-electron chi connectivity index (χ1n) is 6.55. The number of ether oxygens (including phenoxy) is 1. The van der Waals surface area contributed by atoms with Crippen LogP contribution in [0.1, 0.15) is 17.5 Å². The Bertz CT molecular complexity index is 618. The summed E-state index contributed by atoms with van der Waals surface area (Å²) in [6.45, 7) is 2.05. The maximum absolute atomic E-state index is 13.1. The van der Waals surface area contributed by atoms with Gasteiger partial charge in [0.1, 0.15) is 17.6 Å². The Morgan fingerprint density at radius 1 is 1.20 bits per heavy atom. The second-order valence-corrected chi connectivity index (χ2v) is 4.66. The molecule has 0 saturated carbocycles. The molecule has 0 aliphatic rings. The maximum atomic E-state index is 13.1. The van der Waals surface area contributed by atoms with Crippen molar-refractivity contribution in [3.05, 3.63) is 65.5 Å². The molecule has 0 aromatic heterocycles. The molecule has 2 rings (SSSR count). The standard InChI is InChI=1S/C17H16FNO/c1-13-5-2-3-6-14(13)9-10-17(12-19)20-16-8-4-7-15(18)11-16/h2-8,11,17H,9-10H2,1H3.